The van der Waals surface area contributed by atoms with Crippen LogP contribution in [0.5, 0.6) is 0 Å². The van der Waals surface area contributed by atoms with E-state index in [0.717, 1.165) is 44.9 Å². The summed E-state index contributed by atoms with van der Waals surface area (Å²) in [7, 11) is -3.18. The van der Waals surface area contributed by atoms with Crippen LogP contribution in [0.2, 0.25) is 0 Å². The van der Waals surface area contributed by atoms with Gasteiger partial charge in [-0.05, 0) is 25.7 Å². The molecule has 23 heavy (non-hydrogen) atoms. The summed E-state index contributed by atoms with van der Waals surface area (Å²) in [5.41, 5.74) is 0.490. The van der Waals surface area contributed by atoms with Gasteiger partial charge < -0.3 is 5.21 Å². The largest absolute Gasteiger partial charge is 0.411 e. The third-order valence-electron chi connectivity index (χ3n) is 4.87. The Morgan fingerprint density at radius 1 is 0.957 bits per heavy atom. The molecule has 0 bridgehead atoms. The lowest BCUT2D eigenvalue weighted by Gasteiger charge is -2.21. The Balaban J connectivity index is 2.35. The number of unbranched alkanes of at least 4 members (excludes halogenated alkanes) is 7. The maximum absolute atomic E-state index is 12.6. The first-order chi connectivity index (χ1) is 11.1. The minimum Gasteiger partial charge on any atom is -0.411 e. The number of sulfone groups is 1. The number of nitrogens with zero attached hydrogens (tertiary/aromatic N) is 1. The van der Waals surface area contributed by atoms with E-state index in [1.165, 1.54) is 32.1 Å². The van der Waals surface area contributed by atoms with Gasteiger partial charge in [-0.15, -0.1) is 0 Å². The van der Waals surface area contributed by atoms with Gasteiger partial charge in [0.25, 0.3) is 0 Å². The van der Waals surface area contributed by atoms with Crippen LogP contribution >= 0.6 is 0 Å². The summed E-state index contributed by atoms with van der Waals surface area (Å²) in [5.74, 6) is 0.242. The predicted octanol–water partition coefficient (Wildman–Crippen LogP) is 5.09. The quantitative estimate of drug-likeness (QED) is 0.340. The molecule has 0 heterocycles. The van der Waals surface area contributed by atoms with E-state index in [1.54, 1.807) is 0 Å². The maximum Gasteiger partial charge on any atom is 0.158 e. The van der Waals surface area contributed by atoms with E-state index in [2.05, 4.69) is 12.1 Å². The summed E-state index contributed by atoms with van der Waals surface area (Å²) in [6.45, 7) is 2.21. The van der Waals surface area contributed by atoms with Crippen molar-refractivity contribution < 1.29 is 13.6 Å². The second-order valence-corrected chi connectivity index (χ2v) is 9.18. The van der Waals surface area contributed by atoms with Crippen LogP contribution in [0.15, 0.2) is 5.16 Å². The Morgan fingerprint density at radius 2 is 1.57 bits per heavy atom. The summed E-state index contributed by atoms with van der Waals surface area (Å²) < 4.78 is 25.2. The molecule has 0 aliphatic heterocycles. The average molecular weight is 346 g/mol. The van der Waals surface area contributed by atoms with E-state index in [-0.39, 0.29) is 5.75 Å². The zero-order chi connectivity index (χ0) is 17.0. The molecule has 1 atom stereocenters. The molecule has 1 rings (SSSR count). The Bertz CT molecular complexity index is 432. The lowest BCUT2D eigenvalue weighted by atomic mass is 9.99. The Labute approximate surface area is 142 Å². The molecular weight excluding hydrogens is 310 g/mol. The Hall–Kier alpha value is -0.580. The fourth-order valence-electron chi connectivity index (χ4n) is 3.40. The van der Waals surface area contributed by atoms with Gasteiger partial charge >= 0.3 is 0 Å². The standard InChI is InChI=1S/C18H35NO3S/c1-2-3-4-5-6-7-10-13-16-23(21,22)18-15-12-9-8-11-14-17(18)19-20/h18,20H,2-16H2,1H3/b19-17+. The maximum atomic E-state index is 12.6. The van der Waals surface area contributed by atoms with Gasteiger partial charge in [-0.2, -0.15) is 0 Å². The van der Waals surface area contributed by atoms with Gasteiger partial charge in [-0.1, -0.05) is 76.3 Å². The van der Waals surface area contributed by atoms with Crippen molar-refractivity contribution in [2.24, 2.45) is 5.16 Å². The van der Waals surface area contributed by atoms with Crippen LogP contribution in [0.4, 0.5) is 0 Å². The van der Waals surface area contributed by atoms with E-state index >= 15 is 0 Å². The fraction of sp³-hybridized carbons (Fsp3) is 0.944. The topological polar surface area (TPSA) is 66.7 Å². The van der Waals surface area contributed by atoms with Crippen LogP contribution in [0, 0.1) is 0 Å². The first-order valence-electron chi connectivity index (χ1n) is 9.54. The highest BCUT2D eigenvalue weighted by Crippen LogP contribution is 2.22. The molecule has 1 N–H and O–H groups in total. The van der Waals surface area contributed by atoms with Crippen molar-refractivity contribution in [3.8, 4) is 0 Å². The first kappa shape index (κ1) is 20.5. The first-order valence-corrected chi connectivity index (χ1v) is 11.3. The van der Waals surface area contributed by atoms with Crippen molar-refractivity contribution in [2.75, 3.05) is 5.75 Å². The van der Waals surface area contributed by atoms with Crippen molar-refractivity contribution in [3.05, 3.63) is 0 Å². The second kappa shape index (κ2) is 11.9. The number of oxime groups is 1. The monoisotopic (exact) mass is 345 g/mol. The molecule has 0 radical (unpaired) electrons. The van der Waals surface area contributed by atoms with Crippen molar-refractivity contribution in [3.63, 3.8) is 0 Å². The fourth-order valence-corrected chi connectivity index (χ4v) is 5.39. The van der Waals surface area contributed by atoms with Gasteiger partial charge in [0.2, 0.25) is 0 Å². The molecule has 4 nitrogen and oxygen atoms in total. The summed E-state index contributed by atoms with van der Waals surface area (Å²) >= 11 is 0. The van der Waals surface area contributed by atoms with Crippen LogP contribution in [0.25, 0.3) is 0 Å². The van der Waals surface area contributed by atoms with Crippen molar-refractivity contribution in [1.29, 1.82) is 0 Å². The molecular formula is C18H35NO3S. The van der Waals surface area contributed by atoms with Gasteiger partial charge in [0.1, 0.15) is 5.25 Å². The summed E-state index contributed by atoms with van der Waals surface area (Å²) in [4.78, 5) is 0. The van der Waals surface area contributed by atoms with Crippen molar-refractivity contribution in [2.45, 2.75) is 102 Å². The zero-order valence-corrected chi connectivity index (χ0v) is 15.6. The lowest BCUT2D eigenvalue weighted by Crippen LogP contribution is -2.33. The summed E-state index contributed by atoms with van der Waals surface area (Å²) in [5, 5.41) is 12.0. The van der Waals surface area contributed by atoms with Gasteiger partial charge in [0.05, 0.1) is 11.5 Å². The van der Waals surface area contributed by atoms with Gasteiger partial charge in [0, 0.05) is 0 Å². The molecule has 1 fully saturated rings. The smallest absolute Gasteiger partial charge is 0.158 e. The van der Waals surface area contributed by atoms with Crippen LogP contribution in [-0.4, -0.2) is 30.3 Å². The minimum atomic E-state index is -3.18. The average Bonchev–Trinajstić information content (AvgIpc) is 2.49. The highest BCUT2D eigenvalue weighted by Gasteiger charge is 2.30. The zero-order valence-electron chi connectivity index (χ0n) is 14.8. The molecule has 0 aromatic rings. The molecule has 1 aliphatic carbocycles. The molecule has 1 saturated carbocycles. The molecule has 0 saturated heterocycles. The summed E-state index contributed by atoms with van der Waals surface area (Å²) in [6.07, 6.45) is 14.5. The second-order valence-electron chi connectivity index (χ2n) is 6.87. The molecule has 0 aromatic heterocycles. The van der Waals surface area contributed by atoms with Crippen molar-refractivity contribution >= 4 is 15.5 Å². The highest BCUT2D eigenvalue weighted by atomic mass is 32.2. The van der Waals surface area contributed by atoms with Crippen LogP contribution < -0.4 is 0 Å². The predicted molar refractivity (Wildman–Crippen MR) is 97.1 cm³/mol. The third-order valence-corrected chi connectivity index (χ3v) is 7.10. The molecule has 0 amide bonds. The van der Waals surface area contributed by atoms with Crippen LogP contribution in [-0.2, 0) is 9.84 Å². The van der Waals surface area contributed by atoms with E-state index in [0.29, 0.717) is 18.6 Å². The van der Waals surface area contributed by atoms with E-state index in [1.807, 2.05) is 0 Å². The van der Waals surface area contributed by atoms with Gasteiger partial charge in [-0.3, -0.25) is 0 Å². The van der Waals surface area contributed by atoms with Gasteiger partial charge in [0.15, 0.2) is 9.84 Å². The van der Waals surface area contributed by atoms with Gasteiger partial charge in [-0.25, -0.2) is 8.42 Å². The van der Waals surface area contributed by atoms with E-state index < -0.39 is 15.1 Å². The third kappa shape index (κ3) is 8.18. The normalized spacial score (nSPS) is 22.0. The van der Waals surface area contributed by atoms with E-state index in [4.69, 9.17) is 0 Å². The molecule has 0 spiro atoms. The SMILES string of the molecule is CCCCCCCCCCS(=O)(=O)C1CCCCCC/C1=N\O. The molecule has 136 valence electrons. The number of rotatable bonds is 10. The molecule has 0 aromatic carbocycles. The Kier molecular flexibility index (Phi) is 10.6. The Morgan fingerprint density at radius 3 is 2.22 bits per heavy atom. The number of hydrogen-bond donors (Lipinski definition) is 1. The number of hydrogen-bond acceptors (Lipinski definition) is 4. The van der Waals surface area contributed by atoms with Crippen LogP contribution in [0.1, 0.15) is 96.8 Å². The molecule has 1 unspecified atom stereocenters. The highest BCUT2D eigenvalue weighted by molar-refractivity contribution is 7.92. The minimum absolute atomic E-state index is 0.242. The lowest BCUT2D eigenvalue weighted by molar-refractivity contribution is 0.315. The van der Waals surface area contributed by atoms with Crippen LogP contribution in [0.3, 0.4) is 0 Å². The molecule has 1 aliphatic rings. The van der Waals surface area contributed by atoms with Crippen molar-refractivity contribution in [1.82, 2.24) is 0 Å². The van der Waals surface area contributed by atoms with E-state index in [9.17, 15) is 13.6 Å². The molecule has 5 heteroatoms. The summed E-state index contributed by atoms with van der Waals surface area (Å²) in [6, 6.07) is 0.